The lowest BCUT2D eigenvalue weighted by Gasteiger charge is -2.27. The van der Waals surface area contributed by atoms with E-state index >= 15 is 0 Å². The molecule has 0 fully saturated rings. The van der Waals surface area contributed by atoms with Crippen LogP contribution < -0.4 is 10.6 Å². The largest absolute Gasteiger partial charge is 0.447 e. The van der Waals surface area contributed by atoms with E-state index in [4.69, 9.17) is 4.74 Å². The summed E-state index contributed by atoms with van der Waals surface area (Å²) in [6.07, 6.45) is -0.207. The topological polar surface area (TPSA) is 84.5 Å². The van der Waals surface area contributed by atoms with E-state index in [9.17, 15) is 18.8 Å². The normalized spacial score (nSPS) is 16.6. The molecule has 24 heavy (non-hydrogen) atoms. The van der Waals surface area contributed by atoms with Gasteiger partial charge in [0.2, 0.25) is 5.91 Å². The van der Waals surface area contributed by atoms with Gasteiger partial charge in [-0.15, -0.1) is 0 Å². The molecular formula is C17H21FN2O4. The number of nitrogens with one attached hydrogen (secondary N) is 2. The van der Waals surface area contributed by atoms with Crippen LogP contribution in [0.4, 0.5) is 14.9 Å². The van der Waals surface area contributed by atoms with Crippen LogP contribution >= 0.6 is 0 Å². The molecule has 1 aromatic carbocycles. The zero-order valence-electron chi connectivity index (χ0n) is 14.2. The van der Waals surface area contributed by atoms with Crippen molar-refractivity contribution in [1.29, 1.82) is 0 Å². The lowest BCUT2D eigenvalue weighted by molar-refractivity contribution is -0.114. The van der Waals surface area contributed by atoms with Gasteiger partial charge in [0.15, 0.2) is 5.78 Å². The zero-order valence-corrected chi connectivity index (χ0v) is 14.2. The quantitative estimate of drug-likeness (QED) is 0.889. The second-order valence-corrected chi connectivity index (χ2v) is 6.12. The molecule has 1 aliphatic rings. The lowest BCUT2D eigenvalue weighted by atomic mass is 9.83. The Labute approximate surface area is 139 Å². The van der Waals surface area contributed by atoms with Crippen LogP contribution in [0.15, 0.2) is 6.07 Å². The number of hydrogen-bond acceptors (Lipinski definition) is 4. The van der Waals surface area contributed by atoms with Crippen molar-refractivity contribution in [2.24, 2.45) is 0 Å². The van der Waals surface area contributed by atoms with E-state index in [-0.39, 0.29) is 23.1 Å². The van der Waals surface area contributed by atoms with Crippen LogP contribution in [-0.2, 0) is 16.0 Å². The predicted octanol–water partition coefficient (Wildman–Crippen LogP) is 2.72. The summed E-state index contributed by atoms with van der Waals surface area (Å²) in [4.78, 5) is 35.9. The van der Waals surface area contributed by atoms with Crippen LogP contribution in [0.25, 0.3) is 0 Å². The molecule has 0 bridgehead atoms. The maximum Gasteiger partial charge on any atom is 0.407 e. The number of fused-ring (bicyclic) bond motifs is 1. The number of halogens is 1. The number of ether oxygens (including phenoxy) is 1. The van der Waals surface area contributed by atoms with Crippen molar-refractivity contribution in [3.05, 3.63) is 28.6 Å². The van der Waals surface area contributed by atoms with Gasteiger partial charge < -0.3 is 15.4 Å². The summed E-state index contributed by atoms with van der Waals surface area (Å²) in [5, 5.41) is 5.03. The van der Waals surface area contributed by atoms with Crippen molar-refractivity contribution in [3.8, 4) is 0 Å². The highest BCUT2D eigenvalue weighted by Gasteiger charge is 2.33. The van der Waals surface area contributed by atoms with Crippen LogP contribution in [0, 0.1) is 12.7 Å². The highest BCUT2D eigenvalue weighted by Crippen LogP contribution is 2.32. The summed E-state index contributed by atoms with van der Waals surface area (Å²) in [7, 11) is 0. The molecule has 2 amide bonds. The second kappa shape index (κ2) is 6.98. The van der Waals surface area contributed by atoms with E-state index in [0.717, 1.165) is 6.07 Å². The van der Waals surface area contributed by atoms with Crippen molar-refractivity contribution in [1.82, 2.24) is 5.32 Å². The molecule has 0 aromatic heterocycles. The Kier molecular flexibility index (Phi) is 5.21. The Bertz CT molecular complexity index is 700. The average molecular weight is 336 g/mol. The molecule has 6 nitrogen and oxygen atoms in total. The van der Waals surface area contributed by atoms with E-state index in [2.05, 4.69) is 10.6 Å². The SMILES string of the molecule is CC(=O)Nc1cc(F)c(C)c2c1C(=O)[C@@H](NC(=O)OC(C)C)CC2. The molecule has 0 heterocycles. The average Bonchev–Trinajstić information content (AvgIpc) is 2.45. The van der Waals surface area contributed by atoms with Crippen molar-refractivity contribution in [2.75, 3.05) is 5.32 Å². The van der Waals surface area contributed by atoms with Crippen molar-refractivity contribution < 1.29 is 23.5 Å². The number of alkyl carbamates (subject to hydrolysis) is 1. The molecule has 7 heteroatoms. The van der Waals surface area contributed by atoms with Crippen LogP contribution in [0.5, 0.6) is 0 Å². The number of amides is 2. The minimum Gasteiger partial charge on any atom is -0.447 e. The molecule has 0 aliphatic heterocycles. The summed E-state index contributed by atoms with van der Waals surface area (Å²) in [5.41, 5.74) is 1.34. The molecule has 0 unspecified atom stereocenters. The monoisotopic (exact) mass is 336 g/mol. The molecule has 0 saturated heterocycles. The number of benzene rings is 1. The van der Waals surface area contributed by atoms with Gasteiger partial charge in [0.25, 0.3) is 0 Å². The number of carbonyl (C=O) groups is 3. The minimum atomic E-state index is -0.763. The fourth-order valence-corrected chi connectivity index (χ4v) is 2.81. The van der Waals surface area contributed by atoms with Gasteiger partial charge in [-0.05, 0) is 50.8 Å². The Balaban J connectivity index is 2.35. The molecule has 130 valence electrons. The van der Waals surface area contributed by atoms with Crippen LogP contribution in [0.1, 0.15) is 48.7 Å². The third kappa shape index (κ3) is 3.72. The smallest absolute Gasteiger partial charge is 0.407 e. The van der Waals surface area contributed by atoms with Gasteiger partial charge in [0.05, 0.1) is 17.8 Å². The van der Waals surface area contributed by atoms with E-state index < -0.39 is 23.9 Å². The first kappa shape index (κ1) is 17.9. The van der Waals surface area contributed by atoms with Gasteiger partial charge in [-0.1, -0.05) is 0 Å². The summed E-state index contributed by atoms with van der Waals surface area (Å²) < 4.78 is 19.0. The molecule has 1 aliphatic carbocycles. The lowest BCUT2D eigenvalue weighted by Crippen LogP contribution is -2.44. The first-order valence-electron chi connectivity index (χ1n) is 7.81. The molecule has 2 N–H and O–H groups in total. The maximum absolute atomic E-state index is 14.0. The number of carbonyl (C=O) groups excluding carboxylic acids is 3. The number of rotatable bonds is 3. The summed E-state index contributed by atoms with van der Waals surface area (Å²) in [5.74, 6) is -1.23. The van der Waals surface area contributed by atoms with E-state index in [1.54, 1.807) is 20.8 Å². The number of ketones is 1. The van der Waals surface area contributed by atoms with Crippen LogP contribution in [0.3, 0.4) is 0 Å². The highest BCUT2D eigenvalue weighted by molar-refractivity contribution is 6.10. The number of Topliss-reactive ketones (excluding diaryl/α,β-unsaturated/α-hetero) is 1. The fourth-order valence-electron chi connectivity index (χ4n) is 2.81. The molecular weight excluding hydrogens is 315 g/mol. The first-order chi connectivity index (χ1) is 11.2. The van der Waals surface area contributed by atoms with Crippen molar-refractivity contribution in [3.63, 3.8) is 0 Å². The highest BCUT2D eigenvalue weighted by atomic mass is 19.1. The summed E-state index contributed by atoms with van der Waals surface area (Å²) in [6.45, 7) is 6.30. The van der Waals surface area contributed by atoms with Crippen molar-refractivity contribution in [2.45, 2.75) is 52.7 Å². The Hall–Kier alpha value is -2.44. The predicted molar refractivity (Wildman–Crippen MR) is 86.6 cm³/mol. The van der Waals surface area contributed by atoms with E-state index in [1.165, 1.54) is 6.92 Å². The van der Waals surface area contributed by atoms with Gasteiger partial charge in [0.1, 0.15) is 5.82 Å². The van der Waals surface area contributed by atoms with Gasteiger partial charge in [0, 0.05) is 12.5 Å². The second-order valence-electron chi connectivity index (χ2n) is 6.12. The maximum atomic E-state index is 14.0. The summed E-state index contributed by atoms with van der Waals surface area (Å²) >= 11 is 0. The van der Waals surface area contributed by atoms with E-state index in [0.29, 0.717) is 24.0 Å². The van der Waals surface area contributed by atoms with Gasteiger partial charge in [-0.25, -0.2) is 9.18 Å². The van der Waals surface area contributed by atoms with Crippen LogP contribution in [0.2, 0.25) is 0 Å². The van der Waals surface area contributed by atoms with Crippen LogP contribution in [-0.4, -0.2) is 29.9 Å². The Morgan fingerprint density at radius 1 is 1.38 bits per heavy atom. The minimum absolute atomic E-state index is 0.134. The van der Waals surface area contributed by atoms with Crippen molar-refractivity contribution >= 4 is 23.5 Å². The molecule has 1 atom stereocenters. The molecule has 0 saturated carbocycles. The molecule has 0 spiro atoms. The fraction of sp³-hybridized carbons (Fsp3) is 0.471. The summed E-state index contributed by atoms with van der Waals surface area (Å²) in [6, 6.07) is 0.378. The van der Waals surface area contributed by atoms with Gasteiger partial charge >= 0.3 is 6.09 Å². The van der Waals surface area contributed by atoms with Gasteiger partial charge in [-0.2, -0.15) is 0 Å². The third-order valence-corrected chi connectivity index (χ3v) is 3.84. The molecule has 0 radical (unpaired) electrons. The molecule has 2 rings (SSSR count). The molecule has 1 aromatic rings. The number of anilines is 1. The Morgan fingerprint density at radius 3 is 2.62 bits per heavy atom. The number of hydrogen-bond donors (Lipinski definition) is 2. The third-order valence-electron chi connectivity index (χ3n) is 3.84. The van der Waals surface area contributed by atoms with E-state index in [1.807, 2.05) is 0 Å². The Morgan fingerprint density at radius 2 is 2.04 bits per heavy atom. The first-order valence-corrected chi connectivity index (χ1v) is 7.81. The zero-order chi connectivity index (χ0) is 18.0. The standard InChI is InChI=1S/C17H21FN2O4/c1-8(2)24-17(23)20-13-6-5-11-9(3)12(18)7-14(19-10(4)21)15(11)16(13)22/h7-8,13H,5-6H2,1-4H3,(H,19,21)(H,20,23)/t13-/m0/s1. The van der Waals surface area contributed by atoms with Gasteiger partial charge in [-0.3, -0.25) is 9.59 Å².